The minimum Gasteiger partial charge on any atom is -0.480 e. The van der Waals surface area contributed by atoms with Gasteiger partial charge in [0, 0.05) is 19.1 Å². The zero-order valence-corrected chi connectivity index (χ0v) is 15.9. The van der Waals surface area contributed by atoms with Gasteiger partial charge in [-0.15, -0.1) is 0 Å². The summed E-state index contributed by atoms with van der Waals surface area (Å²) in [7, 11) is 0. The molecule has 0 fully saturated rings. The molecule has 2 rings (SSSR count). The normalized spacial score (nSPS) is 11.9. The van der Waals surface area contributed by atoms with E-state index in [2.05, 4.69) is 20.3 Å². The van der Waals surface area contributed by atoms with E-state index in [1.807, 2.05) is 0 Å². The molecule has 0 saturated heterocycles. The first kappa shape index (κ1) is 21.8. The summed E-state index contributed by atoms with van der Waals surface area (Å²) in [4.78, 5) is 37.1. The summed E-state index contributed by atoms with van der Waals surface area (Å²) in [6.45, 7) is 0.0607. The van der Waals surface area contributed by atoms with E-state index in [1.54, 1.807) is 0 Å². The summed E-state index contributed by atoms with van der Waals surface area (Å²) in [5, 5.41) is 18.9. The molecule has 2 aromatic heterocycles. The minimum absolute atomic E-state index is 0.0911. The quantitative estimate of drug-likeness (QED) is 0.141. The summed E-state index contributed by atoms with van der Waals surface area (Å²) in [6.07, 6.45) is 4.78. The first-order chi connectivity index (χ1) is 13.8. The van der Waals surface area contributed by atoms with Crippen LogP contribution in [0.25, 0.3) is 11.2 Å². The smallest absolute Gasteiger partial charge is 0.323 e. The second kappa shape index (κ2) is 10.2. The third-order valence-electron chi connectivity index (χ3n) is 4.19. The molecule has 2 heterocycles. The van der Waals surface area contributed by atoms with Crippen molar-refractivity contribution in [3.05, 3.63) is 12.7 Å². The molecule has 9 N–H and O–H groups in total. The van der Waals surface area contributed by atoms with Gasteiger partial charge in [0.05, 0.1) is 6.33 Å². The Labute approximate surface area is 166 Å². The van der Waals surface area contributed by atoms with Crippen LogP contribution in [0.4, 0.5) is 5.82 Å². The Morgan fingerprint density at radius 1 is 1.31 bits per heavy atom. The molecular weight excluding hydrogens is 380 g/mol. The fourth-order valence-electron chi connectivity index (χ4n) is 2.81. The predicted octanol–water partition coefficient (Wildman–Crippen LogP) is -1.70. The van der Waals surface area contributed by atoms with E-state index in [1.165, 1.54) is 22.1 Å². The number of hydrogen-bond acceptors (Lipinski definition) is 8. The number of aliphatic carboxylic acids is 1. The Morgan fingerprint density at radius 3 is 2.76 bits per heavy atom. The van der Waals surface area contributed by atoms with Gasteiger partial charge in [-0.3, -0.25) is 15.0 Å². The predicted molar refractivity (Wildman–Crippen MR) is 106 cm³/mol. The maximum absolute atomic E-state index is 12.7. The molecule has 0 radical (unpaired) electrons. The molecule has 1 atom stereocenters. The second-order valence-corrected chi connectivity index (χ2v) is 6.57. The Morgan fingerprint density at radius 2 is 2.07 bits per heavy atom. The van der Waals surface area contributed by atoms with E-state index in [0.29, 0.717) is 24.1 Å². The highest BCUT2D eigenvalue weighted by Gasteiger charge is 2.21. The molecule has 0 aliphatic heterocycles. The van der Waals surface area contributed by atoms with Crippen LogP contribution in [0.15, 0.2) is 12.7 Å². The number of carbonyl (C=O) groups is 2. The number of nitrogens with one attached hydrogen (secondary N) is 2. The molecule has 0 aliphatic rings. The van der Waals surface area contributed by atoms with Crippen molar-refractivity contribution in [3.63, 3.8) is 0 Å². The second-order valence-electron chi connectivity index (χ2n) is 6.57. The van der Waals surface area contributed by atoms with Crippen molar-refractivity contribution in [2.45, 2.75) is 31.8 Å². The van der Waals surface area contributed by atoms with E-state index in [9.17, 15) is 9.59 Å². The molecule has 13 heteroatoms. The monoisotopic (exact) mass is 406 g/mol. The standard InChI is InChI=1S/C16H26N10O3/c17-10(3-1-2-4-21-16(19)20)5-25(7-12(28)29)11(27)6-26-9-24-13-14(18)22-8-23-15(13)26/h8-10H,1-7,17H2,(H,28,29)(H2,18,22,23)(H4,19,20,21)/t10-/m0/s1. The fraction of sp³-hybridized carbons (Fsp3) is 0.500. The number of carboxylic acids is 1. The summed E-state index contributed by atoms with van der Waals surface area (Å²) >= 11 is 0. The average Bonchev–Trinajstić information content (AvgIpc) is 3.04. The number of hydrogen-bond donors (Lipinski definition) is 6. The number of rotatable bonds is 11. The summed E-state index contributed by atoms with van der Waals surface area (Å²) in [5.41, 5.74) is 17.8. The van der Waals surface area contributed by atoms with Crippen molar-refractivity contribution in [3.8, 4) is 0 Å². The third-order valence-corrected chi connectivity index (χ3v) is 4.19. The average molecular weight is 406 g/mol. The number of unbranched alkanes of at least 4 members (excludes halogenated alkanes) is 1. The zero-order valence-electron chi connectivity index (χ0n) is 15.9. The van der Waals surface area contributed by atoms with Crippen LogP contribution in [0.5, 0.6) is 0 Å². The van der Waals surface area contributed by atoms with Gasteiger partial charge in [-0.25, -0.2) is 15.0 Å². The third kappa shape index (κ3) is 6.57. The maximum atomic E-state index is 12.7. The van der Waals surface area contributed by atoms with Crippen molar-refractivity contribution < 1.29 is 14.7 Å². The van der Waals surface area contributed by atoms with Gasteiger partial charge in [-0.1, -0.05) is 6.42 Å². The van der Waals surface area contributed by atoms with Crippen LogP contribution in [0, 0.1) is 5.41 Å². The molecule has 0 unspecified atom stereocenters. The Hall–Kier alpha value is -3.48. The lowest BCUT2D eigenvalue weighted by molar-refractivity contribution is -0.144. The van der Waals surface area contributed by atoms with Crippen LogP contribution in [-0.4, -0.2) is 73.0 Å². The number of imidazole rings is 1. The van der Waals surface area contributed by atoms with Gasteiger partial charge in [-0.05, 0) is 12.8 Å². The highest BCUT2D eigenvalue weighted by atomic mass is 16.4. The first-order valence-electron chi connectivity index (χ1n) is 9.02. The number of amides is 1. The molecule has 2 aromatic rings. The Balaban J connectivity index is 1.95. The number of nitrogen functional groups attached to an aromatic ring is 1. The van der Waals surface area contributed by atoms with Crippen molar-refractivity contribution in [2.24, 2.45) is 11.5 Å². The van der Waals surface area contributed by atoms with Gasteiger partial charge in [0.1, 0.15) is 24.9 Å². The van der Waals surface area contributed by atoms with Gasteiger partial charge in [0.2, 0.25) is 5.91 Å². The Kier molecular flexibility index (Phi) is 7.65. The van der Waals surface area contributed by atoms with Crippen LogP contribution in [-0.2, 0) is 16.1 Å². The van der Waals surface area contributed by atoms with Crippen LogP contribution >= 0.6 is 0 Å². The molecule has 158 valence electrons. The van der Waals surface area contributed by atoms with Gasteiger partial charge in [0.15, 0.2) is 17.4 Å². The lowest BCUT2D eigenvalue weighted by Crippen LogP contribution is -2.45. The topological polar surface area (TPSA) is 215 Å². The molecule has 13 nitrogen and oxygen atoms in total. The number of carboxylic acid groups (broad SMARTS) is 1. The molecule has 0 saturated carbocycles. The molecule has 1 amide bonds. The number of carbonyl (C=O) groups excluding carboxylic acids is 1. The lowest BCUT2D eigenvalue weighted by atomic mass is 10.1. The van der Waals surface area contributed by atoms with Crippen molar-refractivity contribution in [2.75, 3.05) is 25.4 Å². The van der Waals surface area contributed by atoms with Gasteiger partial charge in [-0.2, -0.15) is 0 Å². The van der Waals surface area contributed by atoms with Crippen molar-refractivity contribution in [1.82, 2.24) is 29.7 Å². The molecule has 0 bridgehead atoms. The molecule has 0 spiro atoms. The maximum Gasteiger partial charge on any atom is 0.323 e. The van der Waals surface area contributed by atoms with E-state index in [4.69, 9.17) is 27.7 Å². The largest absolute Gasteiger partial charge is 0.480 e. The number of aromatic nitrogens is 4. The van der Waals surface area contributed by atoms with Crippen LogP contribution in [0.1, 0.15) is 19.3 Å². The summed E-state index contributed by atoms with van der Waals surface area (Å²) < 4.78 is 1.49. The molecule has 0 aliphatic carbocycles. The number of nitrogens with two attached hydrogens (primary N) is 3. The summed E-state index contributed by atoms with van der Waals surface area (Å²) in [6, 6.07) is -0.381. The van der Waals surface area contributed by atoms with Gasteiger partial charge >= 0.3 is 5.97 Å². The molecular formula is C16H26N10O3. The van der Waals surface area contributed by atoms with E-state index in [-0.39, 0.29) is 30.9 Å². The van der Waals surface area contributed by atoms with Crippen molar-refractivity contribution in [1.29, 1.82) is 5.41 Å². The highest BCUT2D eigenvalue weighted by molar-refractivity contribution is 5.85. The number of nitrogens with zero attached hydrogens (tertiary/aromatic N) is 5. The van der Waals surface area contributed by atoms with Crippen molar-refractivity contribution >= 4 is 34.8 Å². The number of anilines is 1. The zero-order chi connectivity index (χ0) is 21.4. The van der Waals surface area contributed by atoms with E-state index in [0.717, 1.165) is 12.8 Å². The molecule has 29 heavy (non-hydrogen) atoms. The fourth-order valence-corrected chi connectivity index (χ4v) is 2.81. The number of fused-ring (bicyclic) bond motifs is 1. The Bertz CT molecular complexity index is 868. The lowest BCUT2D eigenvalue weighted by Gasteiger charge is -2.24. The highest BCUT2D eigenvalue weighted by Crippen LogP contribution is 2.14. The van der Waals surface area contributed by atoms with E-state index >= 15 is 0 Å². The minimum atomic E-state index is -1.13. The van der Waals surface area contributed by atoms with Gasteiger partial charge < -0.3 is 37.1 Å². The van der Waals surface area contributed by atoms with Crippen LogP contribution in [0.3, 0.4) is 0 Å². The van der Waals surface area contributed by atoms with E-state index < -0.39 is 18.4 Å². The van der Waals surface area contributed by atoms with Crippen LogP contribution < -0.4 is 22.5 Å². The first-order valence-corrected chi connectivity index (χ1v) is 9.02. The SMILES string of the molecule is N=C(N)NCCCC[C@H](N)CN(CC(=O)O)C(=O)Cn1cnc2c(N)ncnc21. The summed E-state index contributed by atoms with van der Waals surface area (Å²) in [5.74, 6) is -1.44. The number of guanidine groups is 1. The van der Waals surface area contributed by atoms with Gasteiger partial charge in [0.25, 0.3) is 0 Å². The molecule has 0 aromatic carbocycles. The van der Waals surface area contributed by atoms with Crippen LogP contribution in [0.2, 0.25) is 0 Å².